The minimum atomic E-state index is -0.274. The monoisotopic (exact) mass is 451 g/mol. The fourth-order valence-electron chi connectivity index (χ4n) is 4.31. The molecule has 0 saturated heterocycles. The molecule has 34 heavy (non-hydrogen) atoms. The first-order chi connectivity index (χ1) is 16.5. The molecule has 0 bridgehead atoms. The SMILES string of the molecule is COc1ccc(-c2nc(C(=O)Nc3ccc4nc[nH]c4c3)c(C)[nH]2)c(C)c1-c1ccccc1C. The molecule has 0 fully saturated rings. The Bertz CT molecular complexity index is 1530. The number of H-pyrrole nitrogens is 2. The second-order valence-corrected chi connectivity index (χ2v) is 8.28. The predicted octanol–water partition coefficient (Wildman–Crippen LogP) is 5.81. The molecule has 5 aromatic rings. The summed E-state index contributed by atoms with van der Waals surface area (Å²) in [5.41, 5.74) is 8.65. The molecule has 0 atom stereocenters. The van der Waals surface area contributed by atoms with Gasteiger partial charge in [-0.2, -0.15) is 0 Å². The van der Waals surface area contributed by atoms with E-state index >= 15 is 0 Å². The third kappa shape index (κ3) is 3.71. The lowest BCUT2D eigenvalue weighted by molar-refractivity contribution is 0.102. The highest BCUT2D eigenvalue weighted by Gasteiger charge is 2.20. The van der Waals surface area contributed by atoms with Crippen molar-refractivity contribution in [3.05, 3.63) is 83.4 Å². The number of carbonyl (C=O) groups excluding carboxylic acids is 1. The Kier molecular flexibility index (Phi) is 5.37. The molecule has 0 aliphatic carbocycles. The first kappa shape index (κ1) is 21.5. The van der Waals surface area contributed by atoms with Crippen LogP contribution in [-0.2, 0) is 0 Å². The Hall–Kier alpha value is -4.39. The first-order valence-corrected chi connectivity index (χ1v) is 11.0. The minimum Gasteiger partial charge on any atom is -0.496 e. The molecule has 170 valence electrons. The number of rotatable bonds is 5. The number of aryl methyl sites for hydroxylation is 2. The van der Waals surface area contributed by atoms with Gasteiger partial charge in [0.25, 0.3) is 5.91 Å². The van der Waals surface area contributed by atoms with E-state index < -0.39 is 0 Å². The van der Waals surface area contributed by atoms with Crippen molar-refractivity contribution in [2.75, 3.05) is 12.4 Å². The van der Waals surface area contributed by atoms with E-state index in [0.29, 0.717) is 22.9 Å². The number of aromatic nitrogens is 4. The molecule has 0 saturated carbocycles. The van der Waals surface area contributed by atoms with Crippen molar-refractivity contribution < 1.29 is 9.53 Å². The Labute approximate surface area is 197 Å². The van der Waals surface area contributed by atoms with Gasteiger partial charge in [-0.3, -0.25) is 4.79 Å². The highest BCUT2D eigenvalue weighted by atomic mass is 16.5. The van der Waals surface area contributed by atoms with Crippen LogP contribution in [0.15, 0.2) is 60.9 Å². The van der Waals surface area contributed by atoms with Crippen LogP contribution < -0.4 is 10.1 Å². The lowest BCUT2D eigenvalue weighted by atomic mass is 9.92. The third-order valence-electron chi connectivity index (χ3n) is 6.09. The third-order valence-corrected chi connectivity index (χ3v) is 6.09. The van der Waals surface area contributed by atoms with Crippen molar-refractivity contribution in [1.82, 2.24) is 19.9 Å². The van der Waals surface area contributed by atoms with Gasteiger partial charge in [0.2, 0.25) is 0 Å². The van der Waals surface area contributed by atoms with E-state index in [2.05, 4.69) is 51.2 Å². The van der Waals surface area contributed by atoms with E-state index in [9.17, 15) is 4.79 Å². The van der Waals surface area contributed by atoms with Gasteiger partial charge in [-0.1, -0.05) is 24.3 Å². The zero-order valence-corrected chi connectivity index (χ0v) is 19.5. The summed E-state index contributed by atoms with van der Waals surface area (Å²) in [6.07, 6.45) is 1.63. The number of nitrogens with zero attached hydrogens (tertiary/aromatic N) is 2. The van der Waals surface area contributed by atoms with Gasteiger partial charge in [-0.15, -0.1) is 0 Å². The smallest absolute Gasteiger partial charge is 0.276 e. The van der Waals surface area contributed by atoms with Crippen LogP contribution in [0.2, 0.25) is 0 Å². The molecule has 0 aliphatic rings. The Morgan fingerprint density at radius 1 is 1.00 bits per heavy atom. The standard InChI is InChI=1S/C27H25N5O2/c1-15-7-5-6-8-19(15)24-16(2)20(10-12-23(24)34-4)26-30-17(3)25(32-26)27(33)31-18-9-11-21-22(13-18)29-14-28-21/h5-14H,1-4H3,(H,28,29)(H,30,32)(H,31,33). The largest absolute Gasteiger partial charge is 0.496 e. The van der Waals surface area contributed by atoms with E-state index in [-0.39, 0.29) is 5.91 Å². The summed E-state index contributed by atoms with van der Waals surface area (Å²) in [5.74, 6) is 1.16. The van der Waals surface area contributed by atoms with E-state index in [1.165, 1.54) is 0 Å². The highest BCUT2D eigenvalue weighted by molar-refractivity contribution is 6.04. The van der Waals surface area contributed by atoms with Gasteiger partial charge in [0.1, 0.15) is 17.3 Å². The molecule has 2 aromatic heterocycles. The molecule has 0 unspecified atom stereocenters. The van der Waals surface area contributed by atoms with Gasteiger partial charge in [-0.25, -0.2) is 9.97 Å². The fraction of sp³-hybridized carbons (Fsp3) is 0.148. The average molecular weight is 452 g/mol. The Morgan fingerprint density at radius 3 is 2.62 bits per heavy atom. The molecule has 5 rings (SSSR count). The first-order valence-electron chi connectivity index (χ1n) is 11.0. The lowest BCUT2D eigenvalue weighted by Crippen LogP contribution is -2.13. The number of hydrogen-bond donors (Lipinski definition) is 3. The number of nitrogens with one attached hydrogen (secondary N) is 3. The number of imidazole rings is 2. The maximum atomic E-state index is 13.0. The van der Waals surface area contributed by atoms with Crippen LogP contribution in [0, 0.1) is 20.8 Å². The fourth-order valence-corrected chi connectivity index (χ4v) is 4.31. The highest BCUT2D eigenvalue weighted by Crippen LogP contribution is 2.39. The number of carbonyl (C=O) groups is 1. The molecule has 0 spiro atoms. The topological polar surface area (TPSA) is 95.7 Å². The van der Waals surface area contributed by atoms with Crippen LogP contribution >= 0.6 is 0 Å². The number of amides is 1. The molecule has 7 heteroatoms. The van der Waals surface area contributed by atoms with Gasteiger partial charge in [0, 0.05) is 22.5 Å². The van der Waals surface area contributed by atoms with E-state index in [1.54, 1.807) is 13.4 Å². The summed E-state index contributed by atoms with van der Waals surface area (Å²) < 4.78 is 5.68. The maximum absolute atomic E-state index is 13.0. The summed E-state index contributed by atoms with van der Waals surface area (Å²) >= 11 is 0. The quantitative estimate of drug-likeness (QED) is 0.314. The molecular formula is C27H25N5O2. The number of methoxy groups -OCH3 is 1. The number of hydrogen-bond acceptors (Lipinski definition) is 4. The van der Waals surface area contributed by atoms with Crippen molar-refractivity contribution >= 4 is 22.6 Å². The summed E-state index contributed by atoms with van der Waals surface area (Å²) in [6.45, 7) is 5.99. The van der Waals surface area contributed by atoms with Crippen LogP contribution in [0.4, 0.5) is 5.69 Å². The van der Waals surface area contributed by atoms with Crippen LogP contribution in [0.3, 0.4) is 0 Å². The molecule has 0 radical (unpaired) electrons. The molecule has 3 aromatic carbocycles. The van der Waals surface area contributed by atoms with Crippen LogP contribution in [0.1, 0.15) is 27.3 Å². The van der Waals surface area contributed by atoms with Crippen molar-refractivity contribution in [3.63, 3.8) is 0 Å². The normalized spacial score (nSPS) is 11.1. The van der Waals surface area contributed by atoms with Crippen LogP contribution in [0.25, 0.3) is 33.5 Å². The Morgan fingerprint density at radius 2 is 1.82 bits per heavy atom. The number of fused-ring (bicyclic) bond motifs is 1. The number of aromatic amines is 2. The molecule has 3 N–H and O–H groups in total. The van der Waals surface area contributed by atoms with Gasteiger partial charge in [0.05, 0.1) is 24.5 Å². The molecule has 1 amide bonds. The number of anilines is 1. The molecule has 7 nitrogen and oxygen atoms in total. The number of benzene rings is 3. The van der Waals surface area contributed by atoms with Gasteiger partial charge >= 0.3 is 0 Å². The van der Waals surface area contributed by atoms with E-state index in [4.69, 9.17) is 4.74 Å². The maximum Gasteiger partial charge on any atom is 0.276 e. The van der Waals surface area contributed by atoms with Crippen molar-refractivity contribution in [2.24, 2.45) is 0 Å². The second-order valence-electron chi connectivity index (χ2n) is 8.28. The molecular weight excluding hydrogens is 426 g/mol. The van der Waals surface area contributed by atoms with E-state index in [0.717, 1.165) is 44.6 Å². The summed E-state index contributed by atoms with van der Waals surface area (Å²) in [7, 11) is 1.68. The zero-order valence-electron chi connectivity index (χ0n) is 19.5. The molecule has 0 aliphatic heterocycles. The second kappa shape index (κ2) is 8.51. The van der Waals surface area contributed by atoms with Crippen LogP contribution in [-0.4, -0.2) is 33.0 Å². The van der Waals surface area contributed by atoms with Crippen molar-refractivity contribution in [2.45, 2.75) is 20.8 Å². The molecule has 2 heterocycles. The minimum absolute atomic E-state index is 0.274. The number of ether oxygens (including phenoxy) is 1. The average Bonchev–Trinajstić information content (AvgIpc) is 3.45. The van der Waals surface area contributed by atoms with E-state index in [1.807, 2.05) is 49.4 Å². The summed E-state index contributed by atoms with van der Waals surface area (Å²) in [4.78, 5) is 28.3. The van der Waals surface area contributed by atoms with Gasteiger partial charge in [-0.05, 0) is 67.8 Å². The van der Waals surface area contributed by atoms with Gasteiger partial charge in [0.15, 0.2) is 0 Å². The Balaban J connectivity index is 1.51. The summed E-state index contributed by atoms with van der Waals surface area (Å²) in [6, 6.07) is 17.7. The van der Waals surface area contributed by atoms with Crippen LogP contribution in [0.5, 0.6) is 5.75 Å². The zero-order chi connectivity index (χ0) is 23.8. The van der Waals surface area contributed by atoms with Crippen molar-refractivity contribution in [1.29, 1.82) is 0 Å². The lowest BCUT2D eigenvalue weighted by Gasteiger charge is -2.16. The predicted molar refractivity (Wildman–Crippen MR) is 134 cm³/mol. The van der Waals surface area contributed by atoms with Gasteiger partial charge < -0.3 is 20.0 Å². The van der Waals surface area contributed by atoms with Crippen molar-refractivity contribution in [3.8, 4) is 28.3 Å². The summed E-state index contributed by atoms with van der Waals surface area (Å²) in [5, 5.41) is 2.93.